The van der Waals surface area contributed by atoms with Gasteiger partial charge in [0.1, 0.15) is 23.6 Å². The third-order valence-electron chi connectivity index (χ3n) is 5.76. The molecule has 2 aromatic heterocycles. The molecule has 0 atom stereocenters. The summed E-state index contributed by atoms with van der Waals surface area (Å²) in [7, 11) is -1.01. The highest BCUT2D eigenvalue weighted by atomic mass is 32.2. The molecule has 0 bridgehead atoms. The number of aromatic nitrogens is 2. The number of pyridine rings is 1. The molecule has 3 aromatic carbocycles. The molecule has 5 aromatic rings. The van der Waals surface area contributed by atoms with Crippen molar-refractivity contribution in [2.45, 2.75) is 4.90 Å². The van der Waals surface area contributed by atoms with Crippen LogP contribution in [0.1, 0.15) is 0 Å². The number of ether oxygens (including phenoxy) is 2. The first kappa shape index (κ1) is 24.1. The maximum atomic E-state index is 14.6. The number of anilines is 1. The van der Waals surface area contributed by atoms with Crippen LogP contribution in [0, 0.1) is 5.82 Å². The summed E-state index contributed by atoms with van der Waals surface area (Å²) >= 11 is 0. The van der Waals surface area contributed by atoms with E-state index in [0.29, 0.717) is 39.2 Å². The lowest BCUT2D eigenvalue weighted by Crippen LogP contribution is -2.18. The van der Waals surface area contributed by atoms with E-state index in [1.165, 1.54) is 73.6 Å². The van der Waals surface area contributed by atoms with Gasteiger partial charge in [0.15, 0.2) is 5.82 Å². The van der Waals surface area contributed by atoms with Crippen LogP contribution in [0.25, 0.3) is 27.7 Å². The number of rotatable bonds is 7. The normalized spacial score (nSPS) is 11.4. The minimum Gasteiger partial charge on any atom is -0.497 e. The number of methoxy groups -OCH3 is 2. The highest BCUT2D eigenvalue weighted by molar-refractivity contribution is 7.92. The fraction of sp³-hybridized carbons (Fsp3) is 0.0769. The highest BCUT2D eigenvalue weighted by Crippen LogP contribution is 2.34. The summed E-state index contributed by atoms with van der Waals surface area (Å²) in [6, 6.07) is 18.0. The van der Waals surface area contributed by atoms with E-state index in [-0.39, 0.29) is 16.3 Å². The van der Waals surface area contributed by atoms with Crippen molar-refractivity contribution >= 4 is 26.7 Å². The smallest absolute Gasteiger partial charge is 0.263 e. The summed E-state index contributed by atoms with van der Waals surface area (Å²) in [5.74, 6) is 0.417. The zero-order valence-corrected chi connectivity index (χ0v) is 20.5. The fourth-order valence-corrected chi connectivity index (χ4v) is 5.01. The van der Waals surface area contributed by atoms with Crippen LogP contribution in [-0.2, 0) is 10.0 Å². The standard InChI is InChI=1S/C26H20FN3O6S/c1-34-18-5-7-21(27)20(15-18)16-3-8-23(24(14-16)35-2)30-22-9-6-19(13-17(22)4-10-26(30)31)37(32,33)29-25-11-12-36-28-25/h3-15H,1-2H3,(H,28,29). The maximum absolute atomic E-state index is 14.6. The van der Waals surface area contributed by atoms with Gasteiger partial charge in [-0.2, -0.15) is 0 Å². The summed E-state index contributed by atoms with van der Waals surface area (Å²) in [5, 5.41) is 4.06. The summed E-state index contributed by atoms with van der Waals surface area (Å²) in [5.41, 5.74) is 1.33. The second-order valence-electron chi connectivity index (χ2n) is 7.95. The molecule has 1 N–H and O–H groups in total. The van der Waals surface area contributed by atoms with Gasteiger partial charge in [-0.15, -0.1) is 0 Å². The van der Waals surface area contributed by atoms with Crippen LogP contribution in [0.2, 0.25) is 0 Å². The van der Waals surface area contributed by atoms with Crippen LogP contribution >= 0.6 is 0 Å². The number of sulfonamides is 1. The lowest BCUT2D eigenvalue weighted by molar-refractivity contribution is 0.412. The molecule has 11 heteroatoms. The van der Waals surface area contributed by atoms with Crippen LogP contribution in [-0.4, -0.2) is 32.4 Å². The second kappa shape index (κ2) is 9.43. The van der Waals surface area contributed by atoms with E-state index in [1.807, 2.05) is 0 Å². The van der Waals surface area contributed by atoms with Crippen LogP contribution in [0.4, 0.5) is 10.2 Å². The zero-order valence-electron chi connectivity index (χ0n) is 19.6. The topological polar surface area (TPSA) is 113 Å². The number of hydrogen-bond donors (Lipinski definition) is 1. The third kappa shape index (κ3) is 4.52. The number of fused-ring (bicyclic) bond motifs is 1. The predicted molar refractivity (Wildman–Crippen MR) is 135 cm³/mol. The van der Waals surface area contributed by atoms with Gasteiger partial charge in [0, 0.05) is 23.1 Å². The average molecular weight is 522 g/mol. The lowest BCUT2D eigenvalue weighted by atomic mass is 10.0. The molecule has 0 saturated carbocycles. The van der Waals surface area contributed by atoms with Crippen LogP contribution in [0.3, 0.4) is 0 Å². The largest absolute Gasteiger partial charge is 0.497 e. The minimum absolute atomic E-state index is 0.0241. The van der Waals surface area contributed by atoms with E-state index >= 15 is 0 Å². The molecule has 0 aliphatic carbocycles. The van der Waals surface area contributed by atoms with Crippen molar-refractivity contribution in [2.75, 3.05) is 18.9 Å². The zero-order chi connectivity index (χ0) is 26.2. The third-order valence-corrected chi connectivity index (χ3v) is 7.11. The minimum atomic E-state index is -3.95. The van der Waals surface area contributed by atoms with E-state index in [1.54, 1.807) is 24.3 Å². The van der Waals surface area contributed by atoms with Gasteiger partial charge in [-0.05, 0) is 60.2 Å². The molecular formula is C26H20FN3O6S. The molecule has 0 amide bonds. The molecule has 5 rings (SSSR count). The van der Waals surface area contributed by atoms with Crippen molar-refractivity contribution in [3.05, 3.63) is 95.2 Å². The number of nitrogens with zero attached hydrogens (tertiary/aromatic N) is 2. The highest BCUT2D eigenvalue weighted by Gasteiger charge is 2.19. The molecule has 0 saturated heterocycles. The summed E-state index contributed by atoms with van der Waals surface area (Å²) in [4.78, 5) is 12.9. The average Bonchev–Trinajstić information content (AvgIpc) is 3.41. The van der Waals surface area contributed by atoms with Crippen molar-refractivity contribution < 1.29 is 26.8 Å². The lowest BCUT2D eigenvalue weighted by Gasteiger charge is -2.16. The Balaban J connectivity index is 1.61. The van der Waals surface area contributed by atoms with Crippen molar-refractivity contribution in [3.63, 3.8) is 0 Å². The molecule has 0 spiro atoms. The van der Waals surface area contributed by atoms with Gasteiger partial charge in [-0.3, -0.25) is 14.1 Å². The first-order valence-corrected chi connectivity index (χ1v) is 12.4. The van der Waals surface area contributed by atoms with Gasteiger partial charge in [0.25, 0.3) is 15.6 Å². The molecule has 0 aliphatic rings. The molecule has 2 heterocycles. The van der Waals surface area contributed by atoms with E-state index in [9.17, 15) is 17.6 Å². The molecule has 9 nitrogen and oxygen atoms in total. The van der Waals surface area contributed by atoms with Crippen molar-refractivity contribution in [2.24, 2.45) is 0 Å². The number of hydrogen-bond acceptors (Lipinski definition) is 7. The Morgan fingerprint density at radius 1 is 0.946 bits per heavy atom. The summed E-state index contributed by atoms with van der Waals surface area (Å²) < 4.78 is 59.3. The Bertz CT molecular complexity index is 1780. The second-order valence-corrected chi connectivity index (χ2v) is 9.63. The Morgan fingerprint density at radius 2 is 1.78 bits per heavy atom. The first-order chi connectivity index (χ1) is 17.8. The molecule has 37 heavy (non-hydrogen) atoms. The Kier molecular flexibility index (Phi) is 6.14. The van der Waals surface area contributed by atoms with Gasteiger partial charge in [0.05, 0.1) is 30.3 Å². The molecule has 0 aliphatic heterocycles. The molecule has 0 unspecified atom stereocenters. The maximum Gasteiger partial charge on any atom is 0.263 e. The fourth-order valence-electron chi connectivity index (χ4n) is 3.98. The van der Waals surface area contributed by atoms with Crippen LogP contribution in [0.15, 0.2) is 93.3 Å². The van der Waals surface area contributed by atoms with Gasteiger partial charge in [0.2, 0.25) is 0 Å². The SMILES string of the molecule is COc1ccc(F)c(-c2ccc(-n3c(=O)ccc4cc(S(=O)(=O)Nc5ccon5)ccc43)c(OC)c2)c1. The number of halogens is 1. The van der Waals surface area contributed by atoms with Crippen LogP contribution in [0.5, 0.6) is 11.5 Å². The van der Waals surface area contributed by atoms with Gasteiger partial charge in [-0.25, -0.2) is 12.8 Å². The number of benzene rings is 3. The van der Waals surface area contributed by atoms with Gasteiger partial charge in [-0.1, -0.05) is 11.2 Å². The number of nitrogens with one attached hydrogen (secondary N) is 1. The van der Waals surface area contributed by atoms with Crippen molar-refractivity contribution in [1.82, 2.24) is 9.72 Å². The molecule has 188 valence electrons. The predicted octanol–water partition coefficient (Wildman–Crippen LogP) is 4.60. The van der Waals surface area contributed by atoms with Crippen molar-refractivity contribution in [3.8, 4) is 28.3 Å². The van der Waals surface area contributed by atoms with Gasteiger partial charge >= 0.3 is 0 Å². The molecule has 0 fully saturated rings. The Morgan fingerprint density at radius 3 is 2.51 bits per heavy atom. The van der Waals surface area contributed by atoms with E-state index < -0.39 is 15.8 Å². The van der Waals surface area contributed by atoms with Crippen LogP contribution < -0.4 is 19.8 Å². The quantitative estimate of drug-likeness (QED) is 0.333. The summed E-state index contributed by atoms with van der Waals surface area (Å²) in [6.45, 7) is 0. The van der Waals surface area contributed by atoms with E-state index in [4.69, 9.17) is 9.47 Å². The molecular weight excluding hydrogens is 501 g/mol. The Labute approximate surface area is 210 Å². The van der Waals surface area contributed by atoms with E-state index in [0.717, 1.165) is 0 Å². The van der Waals surface area contributed by atoms with E-state index in [2.05, 4.69) is 14.4 Å². The van der Waals surface area contributed by atoms with Gasteiger partial charge < -0.3 is 14.0 Å². The Hall–Kier alpha value is -4.64. The molecule has 0 radical (unpaired) electrons. The first-order valence-electron chi connectivity index (χ1n) is 10.9. The summed E-state index contributed by atoms with van der Waals surface area (Å²) in [6.07, 6.45) is 1.25. The monoisotopic (exact) mass is 521 g/mol. The van der Waals surface area contributed by atoms with Crippen molar-refractivity contribution in [1.29, 1.82) is 0 Å².